The number of rotatable bonds is 4. The molecule has 0 aliphatic rings. The molecule has 0 aliphatic heterocycles. The van der Waals surface area contributed by atoms with E-state index in [-0.39, 0.29) is 11.9 Å². The third kappa shape index (κ3) is 2.77. The highest BCUT2D eigenvalue weighted by Gasteiger charge is 2.11. The molecule has 14 heavy (non-hydrogen) atoms. The molecule has 1 aromatic rings. The second kappa shape index (κ2) is 5.29. The summed E-state index contributed by atoms with van der Waals surface area (Å²) in [7, 11) is 0. The number of carbonyl (C=O) groups is 1. The minimum atomic E-state index is -0.226. The van der Waals surface area contributed by atoms with Gasteiger partial charge in [0.05, 0.1) is 6.20 Å². The second-order valence-electron chi connectivity index (χ2n) is 2.90. The maximum atomic E-state index is 11.5. The van der Waals surface area contributed by atoms with E-state index in [1.54, 1.807) is 0 Å². The molecule has 0 aromatic carbocycles. The largest absolute Gasteiger partial charge is 0.347 e. The highest BCUT2D eigenvalue weighted by Crippen LogP contribution is 1.93. The zero-order valence-electron chi connectivity index (χ0n) is 8.10. The Balaban J connectivity index is 2.59. The Hall–Kier alpha value is -1.49. The van der Waals surface area contributed by atoms with Gasteiger partial charge >= 0.3 is 0 Å². The Kier molecular flexibility index (Phi) is 4.00. The van der Waals surface area contributed by atoms with Gasteiger partial charge in [0.2, 0.25) is 0 Å². The molecule has 1 atom stereocenters. The highest BCUT2D eigenvalue weighted by molar-refractivity contribution is 5.92. The maximum absolute atomic E-state index is 11.5. The first kappa shape index (κ1) is 10.6. The summed E-state index contributed by atoms with van der Waals surface area (Å²) < 4.78 is 0. The van der Waals surface area contributed by atoms with Crippen molar-refractivity contribution in [1.29, 1.82) is 0 Å². The predicted octanol–water partition coefficient (Wildman–Crippen LogP) is -0.0563. The fourth-order valence-electron chi connectivity index (χ4n) is 1.00. The van der Waals surface area contributed by atoms with Gasteiger partial charge in [-0.15, -0.1) is 0 Å². The van der Waals surface area contributed by atoms with E-state index in [1.165, 1.54) is 18.6 Å². The van der Waals surface area contributed by atoms with Crippen LogP contribution in [0.2, 0.25) is 0 Å². The van der Waals surface area contributed by atoms with Gasteiger partial charge in [0, 0.05) is 25.0 Å². The summed E-state index contributed by atoms with van der Waals surface area (Å²) in [6.45, 7) is 2.40. The molecule has 0 saturated carbocycles. The molecular formula is C9H14N4O. The number of amides is 1. The minimum Gasteiger partial charge on any atom is -0.347 e. The number of aromatic nitrogens is 2. The SMILES string of the molecule is CCC(CN)NC(=O)c1cnccn1. The average Bonchev–Trinajstić information content (AvgIpc) is 2.26. The molecule has 0 aliphatic carbocycles. The molecule has 0 spiro atoms. The van der Waals surface area contributed by atoms with E-state index in [0.717, 1.165) is 6.42 Å². The molecule has 5 nitrogen and oxygen atoms in total. The normalized spacial score (nSPS) is 12.1. The second-order valence-corrected chi connectivity index (χ2v) is 2.90. The molecule has 0 fully saturated rings. The summed E-state index contributed by atoms with van der Waals surface area (Å²) in [6, 6.07) is 0.00417. The Labute approximate surface area is 82.7 Å². The van der Waals surface area contributed by atoms with Crippen LogP contribution in [0.15, 0.2) is 18.6 Å². The van der Waals surface area contributed by atoms with E-state index in [4.69, 9.17) is 5.73 Å². The lowest BCUT2D eigenvalue weighted by atomic mass is 10.2. The first-order chi connectivity index (χ1) is 6.77. The van der Waals surface area contributed by atoms with Gasteiger partial charge in [-0.25, -0.2) is 4.98 Å². The standard InChI is InChI=1S/C9H14N4O/c1-2-7(5-10)13-9(14)8-6-11-3-4-12-8/h3-4,6-7H,2,5,10H2,1H3,(H,13,14). The van der Waals surface area contributed by atoms with Gasteiger partial charge in [-0.1, -0.05) is 6.92 Å². The maximum Gasteiger partial charge on any atom is 0.271 e. The lowest BCUT2D eigenvalue weighted by molar-refractivity contribution is 0.0931. The number of carbonyl (C=O) groups excluding carboxylic acids is 1. The van der Waals surface area contributed by atoms with E-state index in [2.05, 4.69) is 15.3 Å². The molecule has 0 bridgehead atoms. The summed E-state index contributed by atoms with van der Waals surface area (Å²) in [5.41, 5.74) is 5.78. The van der Waals surface area contributed by atoms with Gasteiger partial charge in [-0.3, -0.25) is 9.78 Å². The van der Waals surface area contributed by atoms with E-state index >= 15 is 0 Å². The van der Waals surface area contributed by atoms with Crippen molar-refractivity contribution in [1.82, 2.24) is 15.3 Å². The number of nitrogens with zero attached hydrogens (tertiary/aromatic N) is 2. The summed E-state index contributed by atoms with van der Waals surface area (Å²) in [4.78, 5) is 19.2. The highest BCUT2D eigenvalue weighted by atomic mass is 16.1. The van der Waals surface area contributed by atoms with Gasteiger partial charge in [0.15, 0.2) is 0 Å². The summed E-state index contributed by atoms with van der Waals surface area (Å²) >= 11 is 0. The molecular weight excluding hydrogens is 180 g/mol. The lowest BCUT2D eigenvalue weighted by Crippen LogP contribution is -2.40. The number of hydrogen-bond donors (Lipinski definition) is 2. The van der Waals surface area contributed by atoms with E-state index < -0.39 is 0 Å². The predicted molar refractivity (Wildman–Crippen MR) is 52.6 cm³/mol. The third-order valence-electron chi connectivity index (χ3n) is 1.91. The van der Waals surface area contributed by atoms with Crippen LogP contribution >= 0.6 is 0 Å². The molecule has 0 radical (unpaired) electrons. The molecule has 3 N–H and O–H groups in total. The van der Waals surface area contributed by atoms with Crippen molar-refractivity contribution in [3.8, 4) is 0 Å². The molecule has 1 rings (SSSR count). The molecule has 1 unspecified atom stereocenters. The number of nitrogens with two attached hydrogens (primary N) is 1. The Morgan fingerprint density at radius 2 is 2.43 bits per heavy atom. The molecule has 0 saturated heterocycles. The van der Waals surface area contributed by atoms with Crippen molar-refractivity contribution >= 4 is 5.91 Å². The molecule has 1 aromatic heterocycles. The Bertz CT molecular complexity index is 284. The lowest BCUT2D eigenvalue weighted by Gasteiger charge is -2.13. The van der Waals surface area contributed by atoms with Crippen molar-refractivity contribution in [2.24, 2.45) is 5.73 Å². The smallest absolute Gasteiger partial charge is 0.271 e. The average molecular weight is 194 g/mol. The van der Waals surface area contributed by atoms with Crippen molar-refractivity contribution in [2.75, 3.05) is 6.54 Å². The van der Waals surface area contributed by atoms with Crippen LogP contribution < -0.4 is 11.1 Å². The van der Waals surface area contributed by atoms with Crippen molar-refractivity contribution in [3.05, 3.63) is 24.3 Å². The minimum absolute atomic E-state index is 0.00417. The van der Waals surface area contributed by atoms with Gasteiger partial charge < -0.3 is 11.1 Å². The van der Waals surface area contributed by atoms with Crippen molar-refractivity contribution in [3.63, 3.8) is 0 Å². The first-order valence-electron chi connectivity index (χ1n) is 4.54. The van der Waals surface area contributed by atoms with Gasteiger partial charge in [0.25, 0.3) is 5.91 Å². The van der Waals surface area contributed by atoms with Gasteiger partial charge in [-0.2, -0.15) is 0 Å². The van der Waals surface area contributed by atoms with E-state index in [9.17, 15) is 4.79 Å². The molecule has 1 heterocycles. The number of nitrogens with one attached hydrogen (secondary N) is 1. The Morgan fingerprint density at radius 1 is 1.64 bits per heavy atom. The summed E-state index contributed by atoms with van der Waals surface area (Å²) in [5.74, 6) is -0.226. The van der Waals surface area contributed by atoms with Crippen molar-refractivity contribution in [2.45, 2.75) is 19.4 Å². The van der Waals surface area contributed by atoms with Crippen LogP contribution in [-0.4, -0.2) is 28.5 Å². The molecule has 5 heteroatoms. The molecule has 76 valence electrons. The van der Waals surface area contributed by atoms with Crippen LogP contribution in [0.4, 0.5) is 0 Å². The monoisotopic (exact) mass is 194 g/mol. The van der Waals surface area contributed by atoms with Crippen molar-refractivity contribution < 1.29 is 4.79 Å². The van der Waals surface area contributed by atoms with Crippen LogP contribution in [0.3, 0.4) is 0 Å². The summed E-state index contributed by atoms with van der Waals surface area (Å²) in [5, 5.41) is 2.77. The van der Waals surface area contributed by atoms with Gasteiger partial charge in [0.1, 0.15) is 5.69 Å². The summed E-state index contributed by atoms with van der Waals surface area (Å²) in [6.07, 6.45) is 5.25. The zero-order chi connectivity index (χ0) is 10.4. The van der Waals surface area contributed by atoms with Crippen LogP contribution in [0, 0.1) is 0 Å². The van der Waals surface area contributed by atoms with Crippen LogP contribution in [0.25, 0.3) is 0 Å². The van der Waals surface area contributed by atoms with Crippen LogP contribution in [-0.2, 0) is 0 Å². The topological polar surface area (TPSA) is 80.9 Å². The molecule has 1 amide bonds. The first-order valence-corrected chi connectivity index (χ1v) is 4.54. The Morgan fingerprint density at radius 3 is 2.93 bits per heavy atom. The van der Waals surface area contributed by atoms with Crippen LogP contribution in [0.1, 0.15) is 23.8 Å². The fraction of sp³-hybridized carbons (Fsp3) is 0.444. The zero-order valence-corrected chi connectivity index (χ0v) is 8.10. The van der Waals surface area contributed by atoms with E-state index in [0.29, 0.717) is 12.2 Å². The quantitative estimate of drug-likeness (QED) is 0.703. The fourth-order valence-corrected chi connectivity index (χ4v) is 1.00. The van der Waals surface area contributed by atoms with Crippen LogP contribution in [0.5, 0.6) is 0 Å². The van der Waals surface area contributed by atoms with E-state index in [1.807, 2.05) is 6.92 Å². The van der Waals surface area contributed by atoms with Gasteiger partial charge in [-0.05, 0) is 6.42 Å². The third-order valence-corrected chi connectivity index (χ3v) is 1.91. The number of hydrogen-bond acceptors (Lipinski definition) is 4.